The van der Waals surface area contributed by atoms with Crippen molar-refractivity contribution in [2.45, 2.75) is 13.8 Å². The summed E-state index contributed by atoms with van der Waals surface area (Å²) >= 11 is 15.6. The number of imidazole rings is 1. The van der Waals surface area contributed by atoms with E-state index in [1.165, 1.54) is 0 Å². The summed E-state index contributed by atoms with van der Waals surface area (Å²) in [4.78, 5) is 17.1. The summed E-state index contributed by atoms with van der Waals surface area (Å²) in [6.07, 6.45) is 1.63. The van der Waals surface area contributed by atoms with Gasteiger partial charge in [-0.2, -0.15) is 0 Å². The molecule has 3 rings (SSSR count). The molecule has 0 aliphatic carbocycles. The second-order valence-electron chi connectivity index (χ2n) is 5.16. The zero-order valence-electron chi connectivity index (χ0n) is 12.3. The minimum absolute atomic E-state index is 0.265. The number of nitrogens with zero attached hydrogens (tertiary/aromatic N) is 2. The van der Waals surface area contributed by atoms with Crippen molar-refractivity contribution in [3.63, 3.8) is 0 Å². The van der Waals surface area contributed by atoms with E-state index < -0.39 is 0 Å². The molecule has 0 saturated carbocycles. The first-order valence-corrected chi connectivity index (χ1v) is 8.33. The van der Waals surface area contributed by atoms with Crippen molar-refractivity contribution in [1.29, 1.82) is 0 Å². The van der Waals surface area contributed by atoms with Crippen molar-refractivity contribution in [2.24, 2.45) is 0 Å². The van der Waals surface area contributed by atoms with Gasteiger partial charge in [0.25, 0.3) is 5.91 Å². The molecule has 0 unspecified atom stereocenters. The molecule has 4 nitrogen and oxygen atoms in total. The Morgan fingerprint density at radius 2 is 2.00 bits per heavy atom. The molecule has 2 aromatic heterocycles. The third kappa shape index (κ3) is 3.09. The Labute approximate surface area is 151 Å². The molecule has 0 atom stereocenters. The maximum atomic E-state index is 12.7. The van der Waals surface area contributed by atoms with Crippen LogP contribution in [-0.2, 0) is 0 Å². The molecule has 1 amide bonds. The molecule has 0 fully saturated rings. The highest BCUT2D eigenvalue weighted by Gasteiger charge is 2.19. The first-order chi connectivity index (χ1) is 10.9. The van der Waals surface area contributed by atoms with Gasteiger partial charge < -0.3 is 5.32 Å². The number of benzene rings is 1. The van der Waals surface area contributed by atoms with Crippen LogP contribution in [0.5, 0.6) is 0 Å². The van der Waals surface area contributed by atoms with E-state index >= 15 is 0 Å². The fraction of sp³-hybridized carbons (Fsp3) is 0.125. The lowest BCUT2D eigenvalue weighted by Gasteiger charge is -2.09. The number of hydrogen-bond acceptors (Lipinski definition) is 2. The van der Waals surface area contributed by atoms with E-state index in [4.69, 9.17) is 23.2 Å². The van der Waals surface area contributed by atoms with Crippen LogP contribution >= 0.6 is 39.1 Å². The molecule has 0 saturated heterocycles. The largest absolute Gasteiger partial charge is 0.320 e. The second-order valence-corrected chi connectivity index (χ2v) is 6.92. The van der Waals surface area contributed by atoms with Crippen LogP contribution in [0.2, 0.25) is 10.0 Å². The van der Waals surface area contributed by atoms with Gasteiger partial charge in [0, 0.05) is 16.4 Å². The third-order valence-corrected chi connectivity index (χ3v) is 4.45. The van der Waals surface area contributed by atoms with Crippen LogP contribution in [0.15, 0.2) is 34.9 Å². The highest BCUT2D eigenvalue weighted by molar-refractivity contribution is 9.10. The zero-order valence-corrected chi connectivity index (χ0v) is 15.4. The fourth-order valence-corrected chi connectivity index (χ4v) is 3.40. The Bertz CT molecular complexity index is 937. The van der Waals surface area contributed by atoms with Crippen molar-refractivity contribution < 1.29 is 4.79 Å². The van der Waals surface area contributed by atoms with Gasteiger partial charge in [-0.3, -0.25) is 9.20 Å². The van der Waals surface area contributed by atoms with E-state index in [-0.39, 0.29) is 5.91 Å². The topological polar surface area (TPSA) is 46.4 Å². The molecule has 1 N–H and O–H groups in total. The summed E-state index contributed by atoms with van der Waals surface area (Å²) in [7, 11) is 0. The molecule has 2 heterocycles. The van der Waals surface area contributed by atoms with Crippen molar-refractivity contribution in [1.82, 2.24) is 9.38 Å². The molecule has 118 valence electrons. The highest BCUT2D eigenvalue weighted by atomic mass is 79.9. The zero-order chi connectivity index (χ0) is 16.7. The number of anilines is 1. The maximum Gasteiger partial charge on any atom is 0.274 e. The monoisotopic (exact) mass is 411 g/mol. The van der Waals surface area contributed by atoms with Gasteiger partial charge in [-0.25, -0.2) is 4.98 Å². The lowest BCUT2D eigenvalue weighted by Crippen LogP contribution is -2.16. The van der Waals surface area contributed by atoms with Gasteiger partial charge >= 0.3 is 0 Å². The van der Waals surface area contributed by atoms with E-state index in [1.807, 2.05) is 25.1 Å². The molecule has 1 aromatic carbocycles. The average molecular weight is 413 g/mol. The normalized spacial score (nSPS) is 11.0. The van der Waals surface area contributed by atoms with E-state index in [0.29, 0.717) is 27.1 Å². The van der Waals surface area contributed by atoms with Crippen LogP contribution in [-0.4, -0.2) is 15.3 Å². The smallest absolute Gasteiger partial charge is 0.274 e. The number of carbonyl (C=O) groups excluding carboxylic acids is 1. The number of hydrogen-bond donors (Lipinski definition) is 1. The summed E-state index contributed by atoms with van der Waals surface area (Å²) in [6, 6.07) is 7.25. The maximum absolute atomic E-state index is 12.7. The second kappa shape index (κ2) is 6.15. The first-order valence-electron chi connectivity index (χ1n) is 6.78. The Morgan fingerprint density at radius 1 is 1.26 bits per heavy atom. The van der Waals surface area contributed by atoms with Gasteiger partial charge in [0.1, 0.15) is 5.69 Å². The van der Waals surface area contributed by atoms with Crippen molar-refractivity contribution >= 4 is 56.4 Å². The van der Waals surface area contributed by atoms with E-state index in [9.17, 15) is 4.79 Å². The van der Waals surface area contributed by atoms with Crippen LogP contribution in [0, 0.1) is 13.8 Å². The number of carbonyl (C=O) groups is 1. The van der Waals surface area contributed by atoms with Gasteiger partial charge in [0.15, 0.2) is 5.65 Å². The van der Waals surface area contributed by atoms with Gasteiger partial charge in [-0.05, 0) is 43.7 Å². The minimum atomic E-state index is -0.265. The van der Waals surface area contributed by atoms with Gasteiger partial charge in [-0.15, -0.1) is 0 Å². The fourth-order valence-electron chi connectivity index (χ4n) is 2.41. The number of rotatable bonds is 2. The van der Waals surface area contributed by atoms with Gasteiger partial charge in [0.05, 0.1) is 15.7 Å². The molecule has 0 aliphatic rings. The molecule has 7 heteroatoms. The lowest BCUT2D eigenvalue weighted by atomic mass is 10.2. The Kier molecular flexibility index (Phi) is 4.36. The number of aromatic nitrogens is 2. The third-order valence-electron chi connectivity index (χ3n) is 3.47. The van der Waals surface area contributed by atoms with Crippen LogP contribution in [0.25, 0.3) is 5.65 Å². The summed E-state index contributed by atoms with van der Waals surface area (Å²) in [5.41, 5.74) is 3.19. The Balaban J connectivity index is 2.06. The summed E-state index contributed by atoms with van der Waals surface area (Å²) in [6.45, 7) is 3.69. The van der Waals surface area contributed by atoms with Crippen LogP contribution in [0.3, 0.4) is 0 Å². The average Bonchev–Trinajstić information content (AvgIpc) is 2.78. The molecule has 0 bridgehead atoms. The van der Waals surface area contributed by atoms with Gasteiger partial charge in [-0.1, -0.05) is 39.1 Å². The summed E-state index contributed by atoms with van der Waals surface area (Å²) in [5.74, 6) is -0.265. The molecular weight excluding hydrogens is 401 g/mol. The van der Waals surface area contributed by atoms with E-state index in [2.05, 4.69) is 26.2 Å². The summed E-state index contributed by atoms with van der Waals surface area (Å²) < 4.78 is 2.57. The lowest BCUT2D eigenvalue weighted by molar-refractivity contribution is 0.102. The number of halogens is 3. The quantitative estimate of drug-likeness (QED) is 0.622. The van der Waals surface area contributed by atoms with Crippen LogP contribution < -0.4 is 5.32 Å². The van der Waals surface area contributed by atoms with Gasteiger partial charge in [0.2, 0.25) is 0 Å². The minimum Gasteiger partial charge on any atom is -0.320 e. The molecule has 23 heavy (non-hydrogen) atoms. The van der Waals surface area contributed by atoms with Crippen LogP contribution in [0.4, 0.5) is 5.69 Å². The first kappa shape index (κ1) is 16.3. The molecular formula is C16H12BrCl2N3O. The number of fused-ring (bicyclic) bond motifs is 1. The molecule has 0 spiro atoms. The number of aryl methyl sites for hydroxylation is 2. The molecule has 0 aliphatic heterocycles. The Morgan fingerprint density at radius 3 is 2.70 bits per heavy atom. The summed E-state index contributed by atoms with van der Waals surface area (Å²) in [5, 5.41) is 3.75. The van der Waals surface area contributed by atoms with Crippen molar-refractivity contribution in [2.75, 3.05) is 5.32 Å². The number of pyridine rings is 1. The number of nitrogens with one attached hydrogen (secondary N) is 1. The SMILES string of the molecule is Cc1cc(Br)ccc1NC(=O)c1c(C)nc2c(Cl)cc(Cl)cn12. The predicted octanol–water partition coefficient (Wildman–Crippen LogP) is 5.27. The van der Waals surface area contributed by atoms with Crippen LogP contribution in [0.1, 0.15) is 21.7 Å². The predicted molar refractivity (Wildman–Crippen MR) is 96.8 cm³/mol. The molecule has 0 radical (unpaired) electrons. The number of amides is 1. The van der Waals surface area contributed by atoms with E-state index in [1.54, 1.807) is 23.6 Å². The van der Waals surface area contributed by atoms with Crippen molar-refractivity contribution in [3.05, 3.63) is 61.9 Å². The van der Waals surface area contributed by atoms with Crippen molar-refractivity contribution in [3.8, 4) is 0 Å². The molecule has 3 aromatic rings. The van der Waals surface area contributed by atoms with E-state index in [0.717, 1.165) is 15.7 Å². The standard InChI is InChI=1S/C16H12BrCl2N3O/c1-8-5-10(17)3-4-13(8)21-16(23)14-9(2)20-15-12(19)6-11(18)7-22(14)15/h3-7H,1-2H3,(H,21,23). The highest BCUT2D eigenvalue weighted by Crippen LogP contribution is 2.26. The Hall–Kier alpha value is -1.56.